The van der Waals surface area contributed by atoms with Gasteiger partial charge in [0.05, 0.1) is 0 Å². The third-order valence-corrected chi connectivity index (χ3v) is 4.74. The van der Waals surface area contributed by atoms with Gasteiger partial charge in [-0.15, -0.1) is 0 Å². The quantitative estimate of drug-likeness (QED) is 0.417. The van der Waals surface area contributed by atoms with Gasteiger partial charge < -0.3 is 15.6 Å². The van der Waals surface area contributed by atoms with Crippen molar-refractivity contribution in [3.8, 4) is 0 Å². The van der Waals surface area contributed by atoms with Crippen LogP contribution in [0.25, 0.3) is 10.9 Å². The molecule has 7 nitrogen and oxygen atoms in total. The Morgan fingerprint density at radius 2 is 2.11 bits per heavy atom. The van der Waals surface area contributed by atoms with Crippen molar-refractivity contribution >= 4 is 28.5 Å². The standard InChI is InChI=1S/C19H18FN7/c20-14-8-13(14)16-9-18(27-26-16)24-17-5-7-22-19(25-17)23-10-11-2-1-3-15-12(11)4-6-21-15/h1-7,9,13-14,21H,8,10H2,(H3,22,23,24,25,26,27). The molecule has 1 aliphatic rings. The summed E-state index contributed by atoms with van der Waals surface area (Å²) in [4.78, 5) is 11.9. The molecule has 5 rings (SSSR count). The number of rotatable bonds is 6. The molecule has 0 radical (unpaired) electrons. The average Bonchev–Trinajstić information content (AvgIpc) is 3.08. The molecule has 0 aliphatic heterocycles. The molecule has 0 saturated heterocycles. The zero-order valence-electron chi connectivity index (χ0n) is 14.4. The van der Waals surface area contributed by atoms with Crippen LogP contribution in [0.5, 0.6) is 0 Å². The maximum atomic E-state index is 13.2. The highest BCUT2D eigenvalue weighted by Crippen LogP contribution is 2.43. The maximum Gasteiger partial charge on any atom is 0.224 e. The molecule has 1 saturated carbocycles. The second kappa shape index (κ2) is 6.39. The van der Waals surface area contributed by atoms with E-state index in [0.29, 0.717) is 30.5 Å². The predicted molar refractivity (Wildman–Crippen MR) is 102 cm³/mol. The molecule has 1 aliphatic carbocycles. The zero-order valence-corrected chi connectivity index (χ0v) is 14.4. The van der Waals surface area contributed by atoms with Crippen molar-refractivity contribution in [2.45, 2.75) is 25.1 Å². The van der Waals surface area contributed by atoms with E-state index in [1.807, 2.05) is 24.4 Å². The number of aromatic nitrogens is 5. The summed E-state index contributed by atoms with van der Waals surface area (Å²) in [7, 11) is 0. The smallest absolute Gasteiger partial charge is 0.224 e. The number of hydrogen-bond donors (Lipinski definition) is 4. The lowest BCUT2D eigenvalue weighted by Crippen LogP contribution is -2.05. The largest absolute Gasteiger partial charge is 0.361 e. The van der Waals surface area contributed by atoms with Gasteiger partial charge in [0.2, 0.25) is 5.95 Å². The fourth-order valence-corrected chi connectivity index (χ4v) is 3.20. The van der Waals surface area contributed by atoms with Crippen molar-refractivity contribution in [3.63, 3.8) is 0 Å². The first kappa shape index (κ1) is 15.8. The minimum atomic E-state index is -0.752. The summed E-state index contributed by atoms with van der Waals surface area (Å²) in [6.07, 6.45) is 3.43. The molecule has 8 heteroatoms. The van der Waals surface area contributed by atoms with E-state index in [1.54, 1.807) is 12.3 Å². The van der Waals surface area contributed by atoms with Crippen molar-refractivity contribution in [2.24, 2.45) is 0 Å². The zero-order chi connectivity index (χ0) is 18.2. The number of nitrogens with zero attached hydrogens (tertiary/aromatic N) is 3. The fraction of sp³-hybridized carbons (Fsp3) is 0.211. The van der Waals surface area contributed by atoms with Crippen molar-refractivity contribution in [2.75, 3.05) is 10.6 Å². The van der Waals surface area contributed by atoms with Gasteiger partial charge in [-0.05, 0) is 30.2 Å². The molecule has 136 valence electrons. The Balaban J connectivity index is 1.27. The van der Waals surface area contributed by atoms with E-state index in [4.69, 9.17) is 0 Å². The Bertz CT molecular complexity index is 1090. The van der Waals surface area contributed by atoms with Crippen LogP contribution in [0.15, 0.2) is 48.8 Å². The maximum absolute atomic E-state index is 13.2. The van der Waals surface area contributed by atoms with Crippen LogP contribution in [0.3, 0.4) is 0 Å². The van der Waals surface area contributed by atoms with Crippen molar-refractivity contribution in [1.82, 2.24) is 25.1 Å². The number of benzene rings is 1. The fourth-order valence-electron chi connectivity index (χ4n) is 3.20. The van der Waals surface area contributed by atoms with Gasteiger partial charge in [0, 0.05) is 47.5 Å². The predicted octanol–water partition coefficient (Wildman–Crippen LogP) is 3.86. The minimum Gasteiger partial charge on any atom is -0.361 e. The summed E-state index contributed by atoms with van der Waals surface area (Å²) in [6.45, 7) is 0.616. The van der Waals surface area contributed by atoms with Gasteiger partial charge in [-0.2, -0.15) is 10.1 Å². The van der Waals surface area contributed by atoms with Crippen LogP contribution in [0.1, 0.15) is 23.6 Å². The average molecular weight is 363 g/mol. The molecule has 1 fully saturated rings. The van der Waals surface area contributed by atoms with Crippen LogP contribution < -0.4 is 10.6 Å². The van der Waals surface area contributed by atoms with Crippen LogP contribution >= 0.6 is 0 Å². The highest BCUT2D eigenvalue weighted by atomic mass is 19.1. The number of alkyl halides is 1. The highest BCUT2D eigenvalue weighted by molar-refractivity contribution is 5.83. The summed E-state index contributed by atoms with van der Waals surface area (Å²) in [5.41, 5.74) is 3.08. The third kappa shape index (κ3) is 3.21. The van der Waals surface area contributed by atoms with Crippen LogP contribution in [0, 0.1) is 0 Å². The number of halogens is 1. The van der Waals surface area contributed by atoms with Gasteiger partial charge in [0.1, 0.15) is 12.0 Å². The van der Waals surface area contributed by atoms with Gasteiger partial charge in [-0.1, -0.05) is 12.1 Å². The Morgan fingerprint density at radius 1 is 1.19 bits per heavy atom. The summed E-state index contributed by atoms with van der Waals surface area (Å²) in [5, 5.41) is 14.6. The topological polar surface area (TPSA) is 94.3 Å². The lowest BCUT2D eigenvalue weighted by Gasteiger charge is -2.08. The molecular weight excluding hydrogens is 345 g/mol. The van der Waals surface area contributed by atoms with Gasteiger partial charge >= 0.3 is 0 Å². The number of nitrogens with one attached hydrogen (secondary N) is 4. The van der Waals surface area contributed by atoms with E-state index >= 15 is 0 Å². The van der Waals surface area contributed by atoms with E-state index in [9.17, 15) is 4.39 Å². The molecule has 27 heavy (non-hydrogen) atoms. The monoisotopic (exact) mass is 363 g/mol. The molecule has 3 heterocycles. The Morgan fingerprint density at radius 3 is 3.00 bits per heavy atom. The van der Waals surface area contributed by atoms with Gasteiger partial charge in [0.15, 0.2) is 5.82 Å². The summed E-state index contributed by atoms with van der Waals surface area (Å²) in [5.74, 6) is 1.71. The number of aromatic amines is 2. The lowest BCUT2D eigenvalue weighted by atomic mass is 10.1. The van der Waals surface area contributed by atoms with E-state index in [-0.39, 0.29) is 5.92 Å². The van der Waals surface area contributed by atoms with Crippen LogP contribution in [0.2, 0.25) is 0 Å². The molecular formula is C19H18FN7. The van der Waals surface area contributed by atoms with E-state index in [1.165, 1.54) is 5.39 Å². The number of H-pyrrole nitrogens is 2. The molecule has 4 N–H and O–H groups in total. The lowest BCUT2D eigenvalue weighted by molar-refractivity contribution is 0.466. The molecule has 0 amide bonds. The first-order chi connectivity index (χ1) is 13.3. The van der Waals surface area contributed by atoms with Gasteiger partial charge in [-0.25, -0.2) is 9.37 Å². The first-order valence-corrected chi connectivity index (χ1v) is 8.84. The molecule has 1 aromatic carbocycles. The highest BCUT2D eigenvalue weighted by Gasteiger charge is 2.40. The summed E-state index contributed by atoms with van der Waals surface area (Å²) in [6, 6.07) is 11.8. The second-order valence-corrected chi connectivity index (χ2v) is 6.67. The number of anilines is 3. The minimum absolute atomic E-state index is 0.0492. The van der Waals surface area contributed by atoms with Crippen LogP contribution in [-0.2, 0) is 6.54 Å². The SMILES string of the molecule is FC1CC1c1cc(Nc2ccnc(NCc3cccc4[nH]ccc34)n2)n[nH]1. The molecule has 3 aromatic heterocycles. The first-order valence-electron chi connectivity index (χ1n) is 8.84. The van der Waals surface area contributed by atoms with Crippen molar-refractivity contribution in [3.05, 3.63) is 60.0 Å². The normalized spacial score (nSPS) is 18.6. The van der Waals surface area contributed by atoms with E-state index < -0.39 is 6.17 Å². The van der Waals surface area contributed by atoms with Crippen LogP contribution in [-0.4, -0.2) is 31.3 Å². The number of fused-ring (bicyclic) bond motifs is 1. The van der Waals surface area contributed by atoms with Crippen LogP contribution in [0.4, 0.5) is 22.0 Å². The van der Waals surface area contributed by atoms with Gasteiger partial charge in [0.25, 0.3) is 0 Å². The summed E-state index contributed by atoms with van der Waals surface area (Å²) >= 11 is 0. The van der Waals surface area contributed by atoms with E-state index in [2.05, 4.69) is 47.9 Å². The van der Waals surface area contributed by atoms with Crippen molar-refractivity contribution in [1.29, 1.82) is 0 Å². The second-order valence-electron chi connectivity index (χ2n) is 6.67. The third-order valence-electron chi connectivity index (χ3n) is 4.74. The Kier molecular flexibility index (Phi) is 3.74. The Labute approximate surface area is 154 Å². The van der Waals surface area contributed by atoms with Gasteiger partial charge in [-0.3, -0.25) is 5.10 Å². The Hall–Kier alpha value is -3.42. The number of hydrogen-bond acceptors (Lipinski definition) is 5. The summed E-state index contributed by atoms with van der Waals surface area (Å²) < 4.78 is 13.2. The molecule has 0 bridgehead atoms. The van der Waals surface area contributed by atoms with Crippen molar-refractivity contribution < 1.29 is 4.39 Å². The van der Waals surface area contributed by atoms with E-state index in [0.717, 1.165) is 16.8 Å². The molecule has 2 unspecified atom stereocenters. The molecule has 4 aromatic rings. The molecule has 0 spiro atoms. The molecule has 2 atom stereocenters.